The summed E-state index contributed by atoms with van der Waals surface area (Å²) in [5, 5.41) is 23.8. The van der Waals surface area contributed by atoms with Crippen LogP contribution in [-0.2, 0) is 6.54 Å². The number of phenols is 1. The minimum Gasteiger partial charge on any atom is -0.505 e. The fraction of sp³-hybridized carbons (Fsp3) is 0.500. The van der Waals surface area contributed by atoms with Crippen LogP contribution in [0.25, 0.3) is 0 Å². The van der Waals surface area contributed by atoms with Gasteiger partial charge in [0.2, 0.25) is 0 Å². The second kappa shape index (κ2) is 7.69. The molecule has 0 radical (unpaired) electrons. The number of phenolic OH excluding ortho intramolecular Hbond substituents is 1. The van der Waals surface area contributed by atoms with Gasteiger partial charge < -0.3 is 20.8 Å². The predicted molar refractivity (Wildman–Crippen MR) is 73.8 cm³/mol. The molecule has 2 amide bonds. The molecule has 20 heavy (non-hydrogen) atoms. The van der Waals surface area contributed by atoms with E-state index < -0.39 is 23.7 Å². The smallest absolute Gasteiger partial charge is 0.315 e. The average molecular weight is 284 g/mol. The van der Waals surface area contributed by atoms with Crippen LogP contribution >= 0.6 is 0 Å². The van der Waals surface area contributed by atoms with Crippen molar-refractivity contribution in [2.75, 3.05) is 6.54 Å². The van der Waals surface area contributed by atoms with E-state index in [0.717, 1.165) is 12.5 Å². The molecule has 5 nitrogen and oxygen atoms in total. The molecule has 0 aliphatic carbocycles. The summed E-state index contributed by atoms with van der Waals surface area (Å²) in [4.78, 5) is 11.5. The zero-order valence-electron chi connectivity index (χ0n) is 11.7. The molecular weight excluding hydrogens is 263 g/mol. The van der Waals surface area contributed by atoms with Crippen LogP contribution in [0.15, 0.2) is 18.2 Å². The summed E-state index contributed by atoms with van der Waals surface area (Å²) in [5.74, 6) is -1.03. The summed E-state index contributed by atoms with van der Waals surface area (Å²) in [6.45, 7) is 4.18. The zero-order valence-corrected chi connectivity index (χ0v) is 11.7. The third-order valence-electron chi connectivity index (χ3n) is 3.24. The van der Waals surface area contributed by atoms with Gasteiger partial charge in [-0.2, -0.15) is 0 Å². The monoisotopic (exact) mass is 284 g/mol. The van der Waals surface area contributed by atoms with Crippen molar-refractivity contribution in [3.63, 3.8) is 0 Å². The van der Waals surface area contributed by atoms with Gasteiger partial charge in [-0.1, -0.05) is 26.3 Å². The summed E-state index contributed by atoms with van der Waals surface area (Å²) in [5.41, 5.74) is 0.540. The lowest BCUT2D eigenvalue weighted by molar-refractivity contribution is 0.114. The Morgan fingerprint density at radius 2 is 2.10 bits per heavy atom. The number of hydrogen-bond acceptors (Lipinski definition) is 3. The maximum atomic E-state index is 13.1. The summed E-state index contributed by atoms with van der Waals surface area (Å²) in [7, 11) is 0. The van der Waals surface area contributed by atoms with E-state index in [1.54, 1.807) is 0 Å². The molecule has 0 aliphatic heterocycles. The van der Waals surface area contributed by atoms with Gasteiger partial charge in [0.05, 0.1) is 6.10 Å². The first-order valence-corrected chi connectivity index (χ1v) is 6.61. The van der Waals surface area contributed by atoms with E-state index in [9.17, 15) is 14.3 Å². The molecule has 0 aromatic heterocycles. The molecule has 2 atom stereocenters. The summed E-state index contributed by atoms with van der Waals surface area (Å²) >= 11 is 0. The van der Waals surface area contributed by atoms with E-state index in [-0.39, 0.29) is 19.0 Å². The zero-order chi connectivity index (χ0) is 15.1. The molecule has 0 saturated heterocycles. The molecule has 1 aromatic carbocycles. The van der Waals surface area contributed by atoms with Gasteiger partial charge in [0.15, 0.2) is 11.6 Å². The number of halogens is 1. The highest BCUT2D eigenvalue weighted by molar-refractivity contribution is 5.73. The van der Waals surface area contributed by atoms with Crippen LogP contribution in [0.2, 0.25) is 0 Å². The quantitative estimate of drug-likeness (QED) is 0.642. The second-order valence-electron chi connectivity index (χ2n) is 4.80. The minimum absolute atomic E-state index is 0.112. The van der Waals surface area contributed by atoms with Gasteiger partial charge in [-0.25, -0.2) is 9.18 Å². The van der Waals surface area contributed by atoms with E-state index in [2.05, 4.69) is 10.6 Å². The van der Waals surface area contributed by atoms with Gasteiger partial charge >= 0.3 is 6.03 Å². The predicted octanol–water partition coefficient (Wildman–Crippen LogP) is 1.74. The minimum atomic E-state index is -0.725. The van der Waals surface area contributed by atoms with Crippen LogP contribution in [-0.4, -0.2) is 28.9 Å². The Morgan fingerprint density at radius 3 is 2.70 bits per heavy atom. The highest BCUT2D eigenvalue weighted by Gasteiger charge is 2.13. The first kappa shape index (κ1) is 16.2. The summed E-state index contributed by atoms with van der Waals surface area (Å²) in [6, 6.07) is 3.48. The average Bonchev–Trinajstić information content (AvgIpc) is 2.45. The first-order chi connectivity index (χ1) is 9.43. The van der Waals surface area contributed by atoms with Gasteiger partial charge in [0.25, 0.3) is 0 Å². The van der Waals surface area contributed by atoms with E-state index in [1.807, 2.05) is 13.8 Å². The molecule has 0 fully saturated rings. The summed E-state index contributed by atoms with van der Waals surface area (Å²) in [6.07, 6.45) is 0.244. The van der Waals surface area contributed by atoms with E-state index in [1.165, 1.54) is 12.1 Å². The molecule has 6 heteroatoms. The van der Waals surface area contributed by atoms with Gasteiger partial charge in [-0.15, -0.1) is 0 Å². The number of urea groups is 1. The molecule has 0 saturated carbocycles. The fourth-order valence-corrected chi connectivity index (χ4v) is 1.58. The highest BCUT2D eigenvalue weighted by atomic mass is 19.1. The molecule has 0 spiro atoms. The highest BCUT2D eigenvalue weighted by Crippen LogP contribution is 2.15. The number of hydrogen-bond donors (Lipinski definition) is 4. The Balaban J connectivity index is 2.34. The largest absolute Gasteiger partial charge is 0.505 e. The van der Waals surface area contributed by atoms with Crippen molar-refractivity contribution >= 4 is 6.03 Å². The molecule has 112 valence electrons. The Hall–Kier alpha value is -1.82. The van der Waals surface area contributed by atoms with Crippen molar-refractivity contribution in [1.29, 1.82) is 0 Å². The normalized spacial score (nSPS) is 13.6. The fourth-order valence-electron chi connectivity index (χ4n) is 1.58. The van der Waals surface area contributed by atoms with Gasteiger partial charge in [-0.3, -0.25) is 0 Å². The van der Waals surface area contributed by atoms with Crippen molar-refractivity contribution < 1.29 is 19.4 Å². The van der Waals surface area contributed by atoms with Crippen LogP contribution in [0.5, 0.6) is 5.75 Å². The third kappa shape index (κ3) is 5.05. The lowest BCUT2D eigenvalue weighted by Gasteiger charge is -2.17. The molecular formula is C14H21FN2O3. The van der Waals surface area contributed by atoms with Gasteiger partial charge in [0.1, 0.15) is 0 Å². The Morgan fingerprint density at radius 1 is 1.40 bits per heavy atom. The topological polar surface area (TPSA) is 81.6 Å². The number of rotatable bonds is 6. The molecule has 2 unspecified atom stereocenters. The number of nitrogens with one attached hydrogen (secondary N) is 2. The number of aliphatic hydroxyl groups is 1. The van der Waals surface area contributed by atoms with Crippen molar-refractivity contribution in [1.82, 2.24) is 10.6 Å². The number of aliphatic hydroxyl groups excluding tert-OH is 1. The molecule has 1 rings (SSSR count). The lowest BCUT2D eigenvalue weighted by Crippen LogP contribution is -2.41. The Bertz CT molecular complexity index is 454. The standard InChI is InChI=1S/C14H21FN2O3/c1-3-9(2)13(19)8-17-14(20)16-7-10-4-5-12(18)11(15)6-10/h4-6,9,13,18-19H,3,7-8H2,1-2H3,(H2,16,17,20). The molecule has 0 aliphatic rings. The number of aromatic hydroxyl groups is 1. The molecule has 4 N–H and O–H groups in total. The number of amides is 2. The van der Waals surface area contributed by atoms with Crippen LogP contribution in [0.1, 0.15) is 25.8 Å². The SMILES string of the molecule is CCC(C)C(O)CNC(=O)NCc1ccc(O)c(F)c1. The van der Waals surface area contributed by atoms with Gasteiger partial charge in [-0.05, 0) is 23.6 Å². The molecule has 1 aromatic rings. The van der Waals surface area contributed by atoms with Crippen molar-refractivity contribution in [2.45, 2.75) is 32.9 Å². The van der Waals surface area contributed by atoms with Crippen LogP contribution in [0.3, 0.4) is 0 Å². The van der Waals surface area contributed by atoms with Gasteiger partial charge in [0, 0.05) is 13.1 Å². The second-order valence-corrected chi connectivity index (χ2v) is 4.80. The molecule has 0 bridgehead atoms. The maximum absolute atomic E-state index is 13.1. The number of carbonyl (C=O) groups is 1. The Labute approximate surface area is 117 Å². The maximum Gasteiger partial charge on any atom is 0.315 e. The first-order valence-electron chi connectivity index (χ1n) is 6.61. The summed E-state index contributed by atoms with van der Waals surface area (Å²) < 4.78 is 13.1. The van der Waals surface area contributed by atoms with Crippen molar-refractivity contribution in [3.05, 3.63) is 29.6 Å². The number of carbonyl (C=O) groups excluding carboxylic acids is 1. The van der Waals surface area contributed by atoms with Crippen LogP contribution in [0.4, 0.5) is 9.18 Å². The van der Waals surface area contributed by atoms with Crippen molar-refractivity contribution in [2.24, 2.45) is 5.92 Å². The molecule has 0 heterocycles. The lowest BCUT2D eigenvalue weighted by atomic mass is 10.0. The van der Waals surface area contributed by atoms with Crippen molar-refractivity contribution in [3.8, 4) is 5.75 Å². The van der Waals surface area contributed by atoms with E-state index >= 15 is 0 Å². The van der Waals surface area contributed by atoms with Crippen LogP contribution < -0.4 is 10.6 Å². The third-order valence-corrected chi connectivity index (χ3v) is 3.24. The van der Waals surface area contributed by atoms with Crippen LogP contribution in [0, 0.1) is 11.7 Å². The van der Waals surface area contributed by atoms with E-state index in [4.69, 9.17) is 5.11 Å². The Kier molecular flexibility index (Phi) is 6.24. The number of benzene rings is 1. The van der Waals surface area contributed by atoms with E-state index in [0.29, 0.717) is 5.56 Å².